The Morgan fingerprint density at radius 1 is 0.920 bits per heavy atom. The molecular weight excluding hydrogens is 312 g/mol. The Morgan fingerprint density at radius 3 is 2.04 bits per heavy atom. The number of carbonyl (C=O) groups excluding carboxylic acids is 1. The second-order valence-electron chi connectivity index (χ2n) is 6.26. The third-order valence-electron chi connectivity index (χ3n) is 4.60. The molecule has 130 valence electrons. The first-order chi connectivity index (χ1) is 12.2. The monoisotopic (exact) mass is 336 g/mol. The molecule has 0 saturated heterocycles. The Kier molecular flexibility index (Phi) is 5.51. The third-order valence-corrected chi connectivity index (χ3v) is 4.60. The number of carbonyl (C=O) groups is 1. The van der Waals surface area contributed by atoms with Gasteiger partial charge in [0.2, 0.25) is 5.91 Å². The van der Waals surface area contributed by atoms with Crippen molar-refractivity contribution in [3.05, 3.63) is 54.1 Å². The molecule has 4 nitrogen and oxygen atoms in total. The Labute approximate surface area is 147 Å². The van der Waals surface area contributed by atoms with Crippen molar-refractivity contribution in [1.29, 1.82) is 0 Å². The smallest absolute Gasteiger partial charge is 0.220 e. The van der Waals surface area contributed by atoms with Crippen LogP contribution in [-0.4, -0.2) is 24.2 Å². The number of nitrogens with two attached hydrogens (primary N) is 1. The molecule has 3 rings (SSSR count). The Morgan fingerprint density at radius 2 is 1.48 bits per heavy atom. The highest BCUT2D eigenvalue weighted by Crippen LogP contribution is 2.35. The molecular formula is C21H24N2O2. The van der Waals surface area contributed by atoms with E-state index in [1.54, 1.807) is 0 Å². The summed E-state index contributed by atoms with van der Waals surface area (Å²) in [5.41, 5.74) is 8.53. The Bertz CT molecular complexity index is 833. The van der Waals surface area contributed by atoms with Gasteiger partial charge in [0.25, 0.3) is 0 Å². The summed E-state index contributed by atoms with van der Waals surface area (Å²) in [6.07, 6.45) is 3.16. The number of aryl methyl sites for hydroxylation is 1. The molecule has 0 bridgehead atoms. The first-order valence-electron chi connectivity index (χ1n) is 8.77. The molecule has 0 aliphatic rings. The van der Waals surface area contributed by atoms with E-state index in [2.05, 4.69) is 29.6 Å². The van der Waals surface area contributed by atoms with Crippen molar-refractivity contribution in [3.63, 3.8) is 0 Å². The number of hydrogen-bond acceptors (Lipinski definition) is 3. The van der Waals surface area contributed by atoms with Crippen LogP contribution in [0.25, 0.3) is 21.5 Å². The number of aliphatic hydroxyl groups is 1. The fourth-order valence-electron chi connectivity index (χ4n) is 3.39. The quantitative estimate of drug-likeness (QED) is 0.352. The van der Waals surface area contributed by atoms with Crippen molar-refractivity contribution in [3.8, 4) is 0 Å². The highest BCUT2D eigenvalue weighted by molar-refractivity contribution is 6.12. The van der Waals surface area contributed by atoms with Crippen LogP contribution in [0.1, 0.15) is 24.8 Å². The van der Waals surface area contributed by atoms with Gasteiger partial charge in [0.15, 0.2) is 0 Å². The van der Waals surface area contributed by atoms with Gasteiger partial charge in [-0.25, -0.2) is 0 Å². The van der Waals surface area contributed by atoms with Crippen LogP contribution in [0, 0.1) is 0 Å². The molecule has 0 unspecified atom stereocenters. The van der Waals surface area contributed by atoms with Crippen LogP contribution >= 0.6 is 0 Å². The number of rotatable bonds is 7. The molecule has 0 fully saturated rings. The molecule has 0 saturated carbocycles. The van der Waals surface area contributed by atoms with Crippen molar-refractivity contribution < 1.29 is 9.90 Å². The average Bonchev–Trinajstić information content (AvgIpc) is 2.65. The number of nitrogens with one attached hydrogen (secondary N) is 1. The summed E-state index contributed by atoms with van der Waals surface area (Å²) in [4.78, 5) is 11.6. The van der Waals surface area contributed by atoms with Gasteiger partial charge in [-0.3, -0.25) is 4.79 Å². The molecule has 25 heavy (non-hydrogen) atoms. The molecule has 4 N–H and O–H groups in total. The van der Waals surface area contributed by atoms with Gasteiger partial charge in [0.1, 0.15) is 0 Å². The lowest BCUT2D eigenvalue weighted by atomic mass is 9.92. The minimum absolute atomic E-state index is 0.000993. The number of hydrogen-bond donors (Lipinski definition) is 3. The van der Waals surface area contributed by atoms with Gasteiger partial charge < -0.3 is 16.2 Å². The fourth-order valence-corrected chi connectivity index (χ4v) is 3.39. The van der Waals surface area contributed by atoms with E-state index in [1.807, 2.05) is 24.3 Å². The molecule has 3 aromatic carbocycles. The fraction of sp³-hybridized carbons (Fsp3) is 0.286. The first-order valence-corrected chi connectivity index (χ1v) is 8.77. The lowest BCUT2D eigenvalue weighted by Gasteiger charge is -2.14. The van der Waals surface area contributed by atoms with Gasteiger partial charge in [0.05, 0.1) is 6.61 Å². The van der Waals surface area contributed by atoms with E-state index in [0.717, 1.165) is 35.7 Å². The van der Waals surface area contributed by atoms with Gasteiger partial charge in [0, 0.05) is 29.4 Å². The maximum atomic E-state index is 11.6. The van der Waals surface area contributed by atoms with Crippen LogP contribution < -0.4 is 11.1 Å². The number of anilines is 1. The van der Waals surface area contributed by atoms with Crippen LogP contribution in [0.5, 0.6) is 0 Å². The predicted molar refractivity (Wildman–Crippen MR) is 104 cm³/mol. The van der Waals surface area contributed by atoms with Gasteiger partial charge in [-0.15, -0.1) is 0 Å². The largest absolute Gasteiger partial charge is 0.398 e. The summed E-state index contributed by atoms with van der Waals surface area (Å²) in [6, 6.07) is 16.5. The third kappa shape index (κ3) is 3.74. The Hall–Kier alpha value is -2.59. The van der Waals surface area contributed by atoms with Crippen LogP contribution in [0.15, 0.2) is 48.5 Å². The molecule has 4 heteroatoms. The van der Waals surface area contributed by atoms with E-state index in [-0.39, 0.29) is 12.5 Å². The lowest BCUT2D eigenvalue weighted by Crippen LogP contribution is -2.25. The SMILES string of the molecule is Nc1c2ccccc2c(CCCCC(=O)NCCO)c2ccccc12. The highest BCUT2D eigenvalue weighted by atomic mass is 16.3. The van der Waals surface area contributed by atoms with Crippen LogP contribution in [0.4, 0.5) is 5.69 Å². The predicted octanol–water partition coefficient (Wildman–Crippen LogP) is 3.40. The zero-order chi connectivity index (χ0) is 17.6. The van der Waals surface area contributed by atoms with Crippen LogP contribution in [0.3, 0.4) is 0 Å². The van der Waals surface area contributed by atoms with Crippen LogP contribution in [0.2, 0.25) is 0 Å². The summed E-state index contributed by atoms with van der Waals surface area (Å²) < 4.78 is 0. The summed E-state index contributed by atoms with van der Waals surface area (Å²) in [5, 5.41) is 16.0. The zero-order valence-electron chi connectivity index (χ0n) is 14.3. The van der Waals surface area contributed by atoms with Gasteiger partial charge >= 0.3 is 0 Å². The maximum absolute atomic E-state index is 11.6. The van der Waals surface area contributed by atoms with Crippen LogP contribution in [-0.2, 0) is 11.2 Å². The second kappa shape index (κ2) is 7.99. The molecule has 0 atom stereocenters. The van der Waals surface area contributed by atoms with E-state index < -0.39 is 0 Å². The van der Waals surface area contributed by atoms with E-state index in [1.165, 1.54) is 16.3 Å². The molecule has 0 spiro atoms. The number of fused-ring (bicyclic) bond motifs is 2. The number of amides is 1. The number of unbranched alkanes of at least 4 members (excludes halogenated alkanes) is 1. The number of benzene rings is 3. The average molecular weight is 336 g/mol. The van der Waals surface area contributed by atoms with Crippen molar-refractivity contribution in [2.45, 2.75) is 25.7 Å². The summed E-state index contributed by atoms with van der Waals surface area (Å²) >= 11 is 0. The maximum Gasteiger partial charge on any atom is 0.220 e. The molecule has 3 aromatic rings. The van der Waals surface area contributed by atoms with Crippen molar-refractivity contribution in [2.24, 2.45) is 0 Å². The molecule has 0 aromatic heterocycles. The minimum Gasteiger partial charge on any atom is -0.398 e. The topological polar surface area (TPSA) is 75.4 Å². The van der Waals surface area contributed by atoms with Gasteiger partial charge in [-0.1, -0.05) is 48.5 Å². The van der Waals surface area contributed by atoms with Gasteiger partial charge in [-0.05, 0) is 35.6 Å². The molecule has 0 heterocycles. The first kappa shape index (κ1) is 17.2. The lowest BCUT2D eigenvalue weighted by molar-refractivity contribution is -0.121. The molecule has 1 amide bonds. The summed E-state index contributed by atoms with van der Waals surface area (Å²) in [6.45, 7) is 0.307. The normalized spacial score (nSPS) is 11.1. The summed E-state index contributed by atoms with van der Waals surface area (Å²) in [7, 11) is 0. The van der Waals surface area contributed by atoms with E-state index >= 15 is 0 Å². The van der Waals surface area contributed by atoms with Gasteiger partial charge in [-0.2, -0.15) is 0 Å². The van der Waals surface area contributed by atoms with Crippen molar-refractivity contribution in [2.75, 3.05) is 18.9 Å². The molecule has 0 radical (unpaired) electrons. The number of aliphatic hydroxyl groups excluding tert-OH is 1. The van der Waals surface area contributed by atoms with Crippen molar-refractivity contribution >= 4 is 33.1 Å². The zero-order valence-corrected chi connectivity index (χ0v) is 14.3. The highest BCUT2D eigenvalue weighted by Gasteiger charge is 2.11. The number of nitrogen functional groups attached to an aromatic ring is 1. The second-order valence-corrected chi connectivity index (χ2v) is 6.26. The van der Waals surface area contributed by atoms with Crippen molar-refractivity contribution in [1.82, 2.24) is 5.32 Å². The standard InChI is InChI=1S/C21H24N2O2/c22-21-18-10-3-1-8-16(18)15(17-9-2-4-11-19(17)21)7-5-6-12-20(25)23-13-14-24/h1-4,8-11,24H,5-7,12-14,22H2,(H,23,25). The van der Waals surface area contributed by atoms with E-state index in [9.17, 15) is 4.79 Å². The Balaban J connectivity index is 1.82. The summed E-state index contributed by atoms with van der Waals surface area (Å²) in [5.74, 6) is 0.000993. The van der Waals surface area contributed by atoms with E-state index in [4.69, 9.17) is 10.8 Å². The molecule has 0 aliphatic carbocycles. The minimum atomic E-state index is -0.0187. The van der Waals surface area contributed by atoms with E-state index in [0.29, 0.717) is 13.0 Å². The molecule has 0 aliphatic heterocycles.